The second kappa shape index (κ2) is 6.02. The van der Waals surface area contributed by atoms with Gasteiger partial charge >= 0.3 is 6.18 Å². The molecule has 2 aromatic rings. The molecule has 0 N–H and O–H groups in total. The van der Waals surface area contributed by atoms with Crippen molar-refractivity contribution in [3.05, 3.63) is 70.8 Å². The summed E-state index contributed by atoms with van der Waals surface area (Å²) < 4.78 is 64.9. The topological polar surface area (TPSA) is 0 Å². The van der Waals surface area contributed by atoms with Gasteiger partial charge in [-0.05, 0) is 30.2 Å². The zero-order chi connectivity index (χ0) is 15.6. The third kappa shape index (κ3) is 3.73. The van der Waals surface area contributed by atoms with Gasteiger partial charge in [0, 0.05) is 5.56 Å². The van der Waals surface area contributed by atoms with Gasteiger partial charge in [0.1, 0.15) is 11.6 Å². The van der Waals surface area contributed by atoms with E-state index < -0.39 is 28.8 Å². The molecule has 0 amide bonds. The standard InChI is InChI=1S/C15H10ClF5/c16-13(8-9-3-1-4-10(17)7-9)11-5-2-6-12(14(11)18)15(19,20)21/h1-7,13H,8H2. The Morgan fingerprint density at radius 1 is 1.00 bits per heavy atom. The lowest BCUT2D eigenvalue weighted by atomic mass is 10.0. The van der Waals surface area contributed by atoms with Gasteiger partial charge in [0.2, 0.25) is 0 Å². The van der Waals surface area contributed by atoms with Gasteiger partial charge in [0.15, 0.2) is 0 Å². The second-order valence-corrected chi connectivity index (χ2v) is 5.03. The van der Waals surface area contributed by atoms with Gasteiger partial charge in [-0.1, -0.05) is 24.3 Å². The van der Waals surface area contributed by atoms with Crippen molar-refractivity contribution in [3.63, 3.8) is 0 Å². The van der Waals surface area contributed by atoms with E-state index in [1.807, 2.05) is 0 Å². The number of hydrogen-bond acceptors (Lipinski definition) is 0. The molecule has 21 heavy (non-hydrogen) atoms. The van der Waals surface area contributed by atoms with Crippen LogP contribution in [0.3, 0.4) is 0 Å². The summed E-state index contributed by atoms with van der Waals surface area (Å²) in [6.45, 7) is 0. The maximum Gasteiger partial charge on any atom is 0.419 e. The fourth-order valence-corrected chi connectivity index (χ4v) is 2.34. The predicted molar refractivity (Wildman–Crippen MR) is 70.1 cm³/mol. The Hall–Kier alpha value is -1.62. The zero-order valence-electron chi connectivity index (χ0n) is 10.6. The Bertz CT molecular complexity index is 636. The first-order valence-electron chi connectivity index (χ1n) is 6.03. The molecule has 1 atom stereocenters. The van der Waals surface area contributed by atoms with Gasteiger partial charge < -0.3 is 0 Å². The molecule has 0 aliphatic carbocycles. The van der Waals surface area contributed by atoms with E-state index in [0.29, 0.717) is 11.6 Å². The van der Waals surface area contributed by atoms with Crippen LogP contribution in [-0.4, -0.2) is 0 Å². The van der Waals surface area contributed by atoms with E-state index in [-0.39, 0.29) is 12.0 Å². The molecule has 6 heteroatoms. The first kappa shape index (κ1) is 15.8. The molecule has 0 nitrogen and oxygen atoms in total. The van der Waals surface area contributed by atoms with Crippen LogP contribution in [0.4, 0.5) is 22.0 Å². The lowest BCUT2D eigenvalue weighted by molar-refractivity contribution is -0.140. The number of halogens is 6. The third-order valence-corrected chi connectivity index (χ3v) is 3.36. The van der Waals surface area contributed by atoms with E-state index in [2.05, 4.69) is 0 Å². The minimum Gasteiger partial charge on any atom is -0.207 e. The van der Waals surface area contributed by atoms with Crippen LogP contribution in [0.5, 0.6) is 0 Å². The van der Waals surface area contributed by atoms with Gasteiger partial charge in [0.25, 0.3) is 0 Å². The van der Waals surface area contributed by atoms with Gasteiger partial charge in [-0.3, -0.25) is 0 Å². The summed E-state index contributed by atoms with van der Waals surface area (Å²) in [6, 6.07) is 8.42. The molecule has 0 aliphatic heterocycles. The Morgan fingerprint density at radius 3 is 2.29 bits per heavy atom. The number of benzene rings is 2. The highest BCUT2D eigenvalue weighted by Crippen LogP contribution is 2.36. The fourth-order valence-electron chi connectivity index (χ4n) is 1.99. The Balaban J connectivity index is 2.30. The second-order valence-electron chi connectivity index (χ2n) is 4.51. The van der Waals surface area contributed by atoms with Crippen molar-refractivity contribution in [2.24, 2.45) is 0 Å². The lowest BCUT2D eigenvalue weighted by Crippen LogP contribution is -2.11. The number of hydrogen-bond donors (Lipinski definition) is 0. The monoisotopic (exact) mass is 320 g/mol. The molecule has 0 radical (unpaired) electrons. The first-order chi connectivity index (χ1) is 9.79. The van der Waals surface area contributed by atoms with Gasteiger partial charge in [0.05, 0.1) is 10.9 Å². The van der Waals surface area contributed by atoms with E-state index in [9.17, 15) is 22.0 Å². The Morgan fingerprint density at radius 2 is 1.67 bits per heavy atom. The highest BCUT2D eigenvalue weighted by Gasteiger charge is 2.35. The zero-order valence-corrected chi connectivity index (χ0v) is 11.3. The highest BCUT2D eigenvalue weighted by molar-refractivity contribution is 6.21. The summed E-state index contributed by atoms with van der Waals surface area (Å²) in [5.41, 5.74) is -1.13. The summed E-state index contributed by atoms with van der Waals surface area (Å²) >= 11 is 5.99. The largest absolute Gasteiger partial charge is 0.419 e. The normalized spacial score (nSPS) is 13.2. The van der Waals surface area contributed by atoms with Crippen LogP contribution in [0.25, 0.3) is 0 Å². The smallest absolute Gasteiger partial charge is 0.207 e. The van der Waals surface area contributed by atoms with Crippen LogP contribution >= 0.6 is 11.6 Å². The van der Waals surface area contributed by atoms with Crippen LogP contribution in [-0.2, 0) is 12.6 Å². The van der Waals surface area contributed by atoms with Crippen LogP contribution in [0.15, 0.2) is 42.5 Å². The maximum absolute atomic E-state index is 13.9. The van der Waals surface area contributed by atoms with Crippen molar-refractivity contribution in [1.82, 2.24) is 0 Å². The quantitative estimate of drug-likeness (QED) is 0.517. The molecular weight excluding hydrogens is 311 g/mol. The van der Waals surface area contributed by atoms with Crippen LogP contribution < -0.4 is 0 Å². The van der Waals surface area contributed by atoms with Crippen molar-refractivity contribution in [2.45, 2.75) is 18.0 Å². The minimum atomic E-state index is -4.78. The van der Waals surface area contributed by atoms with Crippen molar-refractivity contribution in [1.29, 1.82) is 0 Å². The van der Waals surface area contributed by atoms with Crippen LogP contribution in [0.1, 0.15) is 22.1 Å². The molecule has 2 aromatic carbocycles. The van der Waals surface area contributed by atoms with E-state index >= 15 is 0 Å². The van der Waals surface area contributed by atoms with E-state index in [4.69, 9.17) is 11.6 Å². The molecule has 2 rings (SSSR count). The summed E-state index contributed by atoms with van der Waals surface area (Å²) in [6.07, 6.45) is -4.76. The van der Waals surface area contributed by atoms with Gasteiger partial charge in [-0.25, -0.2) is 8.78 Å². The van der Waals surface area contributed by atoms with Crippen molar-refractivity contribution in [3.8, 4) is 0 Å². The molecule has 0 heterocycles. The van der Waals surface area contributed by atoms with Crippen LogP contribution in [0, 0.1) is 11.6 Å². The summed E-state index contributed by atoms with van der Waals surface area (Å²) in [5, 5.41) is -1.02. The molecule has 0 aliphatic rings. The maximum atomic E-state index is 13.9. The molecule has 0 saturated carbocycles. The average Bonchev–Trinajstić information content (AvgIpc) is 2.37. The Kier molecular flexibility index (Phi) is 4.52. The summed E-state index contributed by atoms with van der Waals surface area (Å²) in [7, 11) is 0. The summed E-state index contributed by atoms with van der Waals surface area (Å²) in [5.74, 6) is -1.87. The third-order valence-electron chi connectivity index (χ3n) is 2.98. The number of rotatable bonds is 3. The van der Waals surface area contributed by atoms with Gasteiger partial charge in [-0.2, -0.15) is 13.2 Å². The first-order valence-corrected chi connectivity index (χ1v) is 6.47. The van der Waals surface area contributed by atoms with E-state index in [1.54, 1.807) is 6.07 Å². The average molecular weight is 321 g/mol. The molecular formula is C15H10ClF5. The molecule has 1 unspecified atom stereocenters. The van der Waals surface area contributed by atoms with Crippen LogP contribution in [0.2, 0.25) is 0 Å². The van der Waals surface area contributed by atoms with Crippen molar-refractivity contribution in [2.75, 3.05) is 0 Å². The molecule has 112 valence electrons. The van der Waals surface area contributed by atoms with Crippen molar-refractivity contribution >= 4 is 11.6 Å². The minimum absolute atomic E-state index is 0.0253. The fraction of sp³-hybridized carbons (Fsp3) is 0.200. The molecule has 0 bridgehead atoms. The molecule has 0 saturated heterocycles. The summed E-state index contributed by atoms with van der Waals surface area (Å²) in [4.78, 5) is 0. The SMILES string of the molecule is Fc1cccc(CC(Cl)c2cccc(C(F)(F)F)c2F)c1. The number of alkyl halides is 4. The lowest BCUT2D eigenvalue weighted by Gasteiger charge is -2.15. The van der Waals surface area contributed by atoms with Gasteiger partial charge in [-0.15, -0.1) is 11.6 Å². The van der Waals surface area contributed by atoms with E-state index in [1.165, 1.54) is 24.3 Å². The molecule has 0 spiro atoms. The van der Waals surface area contributed by atoms with Crippen molar-refractivity contribution < 1.29 is 22.0 Å². The highest BCUT2D eigenvalue weighted by atomic mass is 35.5. The molecule has 0 aromatic heterocycles. The predicted octanol–water partition coefficient (Wildman–Crippen LogP) is 5.51. The molecule has 0 fully saturated rings. The Labute approximate surface area is 123 Å². The van der Waals surface area contributed by atoms with E-state index in [0.717, 1.165) is 6.07 Å².